The number of hydrogen-bond acceptors (Lipinski definition) is 3. The fourth-order valence-electron chi connectivity index (χ4n) is 4.62. The van der Waals surface area contributed by atoms with Crippen molar-refractivity contribution in [3.63, 3.8) is 0 Å². The van der Waals surface area contributed by atoms with Crippen LogP contribution in [0.2, 0.25) is 0 Å². The smallest absolute Gasteiger partial charge is 0.244 e. The lowest BCUT2D eigenvalue weighted by Gasteiger charge is -2.40. The molecule has 3 rings (SSSR count). The number of amides is 2. The number of rotatable bonds is 9. The van der Waals surface area contributed by atoms with Gasteiger partial charge in [-0.1, -0.05) is 38.1 Å². The molecule has 1 atom stereocenters. The van der Waals surface area contributed by atoms with Gasteiger partial charge < -0.3 is 9.80 Å². The standard InChI is InChI=1S/C26H38N4O2/c1-20(2)10-11-25(31)29-16-12-22(13-17-29)24(18-23-9-6-5-8-21(23)3)28(4)26(32)19-30-15-7-14-27-30/h5-9,14-15,20,22,24H,10-13,16-19H2,1-4H3. The summed E-state index contributed by atoms with van der Waals surface area (Å²) in [4.78, 5) is 29.6. The molecule has 1 aromatic heterocycles. The number of nitrogens with zero attached hydrogens (tertiary/aromatic N) is 4. The topological polar surface area (TPSA) is 58.4 Å². The Bertz CT molecular complexity index is 870. The maximum Gasteiger partial charge on any atom is 0.244 e. The van der Waals surface area contributed by atoms with Crippen LogP contribution in [0.5, 0.6) is 0 Å². The molecule has 174 valence electrons. The minimum atomic E-state index is 0.0720. The molecule has 0 spiro atoms. The van der Waals surface area contributed by atoms with E-state index < -0.39 is 0 Å². The van der Waals surface area contributed by atoms with Crippen LogP contribution in [0, 0.1) is 18.8 Å². The van der Waals surface area contributed by atoms with E-state index in [1.54, 1.807) is 10.9 Å². The van der Waals surface area contributed by atoms with Crippen molar-refractivity contribution >= 4 is 11.8 Å². The van der Waals surface area contributed by atoms with Gasteiger partial charge in [0.2, 0.25) is 11.8 Å². The number of aromatic nitrogens is 2. The van der Waals surface area contributed by atoms with Gasteiger partial charge in [0, 0.05) is 45.0 Å². The van der Waals surface area contributed by atoms with Gasteiger partial charge in [-0.15, -0.1) is 0 Å². The minimum absolute atomic E-state index is 0.0720. The molecule has 1 aliphatic rings. The van der Waals surface area contributed by atoms with Gasteiger partial charge >= 0.3 is 0 Å². The first-order valence-electron chi connectivity index (χ1n) is 11.9. The van der Waals surface area contributed by atoms with Crippen LogP contribution in [-0.2, 0) is 22.6 Å². The van der Waals surface area contributed by atoms with E-state index in [0.29, 0.717) is 18.3 Å². The van der Waals surface area contributed by atoms with E-state index in [2.05, 4.69) is 50.1 Å². The predicted octanol–water partition coefficient (Wildman–Crippen LogP) is 3.94. The van der Waals surface area contributed by atoms with Crippen LogP contribution in [-0.4, -0.2) is 57.6 Å². The van der Waals surface area contributed by atoms with Gasteiger partial charge in [0.25, 0.3) is 0 Å². The van der Waals surface area contributed by atoms with E-state index >= 15 is 0 Å². The SMILES string of the molecule is Cc1ccccc1CC(C1CCN(C(=O)CCC(C)C)CC1)N(C)C(=O)Cn1cccn1. The third-order valence-corrected chi connectivity index (χ3v) is 6.81. The molecule has 2 heterocycles. The number of benzene rings is 1. The Labute approximate surface area is 192 Å². The third kappa shape index (κ3) is 6.44. The molecule has 6 nitrogen and oxygen atoms in total. The number of aryl methyl sites for hydroxylation is 1. The lowest BCUT2D eigenvalue weighted by molar-refractivity contribution is -0.137. The summed E-state index contributed by atoms with van der Waals surface area (Å²) in [5.41, 5.74) is 2.54. The molecule has 2 amide bonds. The Balaban J connectivity index is 1.69. The maximum atomic E-state index is 13.1. The molecule has 6 heteroatoms. The fraction of sp³-hybridized carbons (Fsp3) is 0.577. The first-order chi connectivity index (χ1) is 15.3. The maximum absolute atomic E-state index is 13.1. The molecular formula is C26H38N4O2. The van der Waals surface area contributed by atoms with Gasteiger partial charge in [0.05, 0.1) is 0 Å². The largest absolute Gasteiger partial charge is 0.343 e. The number of piperidine rings is 1. The van der Waals surface area contributed by atoms with Gasteiger partial charge in [0.15, 0.2) is 0 Å². The van der Waals surface area contributed by atoms with E-state index in [-0.39, 0.29) is 24.4 Å². The highest BCUT2D eigenvalue weighted by atomic mass is 16.2. The second-order valence-electron chi connectivity index (χ2n) is 9.56. The molecule has 1 aliphatic heterocycles. The molecule has 0 radical (unpaired) electrons. The predicted molar refractivity (Wildman–Crippen MR) is 127 cm³/mol. The second kappa shape index (κ2) is 11.3. The average molecular weight is 439 g/mol. The molecule has 0 N–H and O–H groups in total. The molecule has 1 unspecified atom stereocenters. The zero-order valence-electron chi connectivity index (χ0n) is 20.0. The summed E-state index contributed by atoms with van der Waals surface area (Å²) in [7, 11) is 1.93. The highest BCUT2D eigenvalue weighted by Crippen LogP contribution is 2.28. The van der Waals surface area contributed by atoms with Gasteiger partial charge in [-0.25, -0.2) is 0 Å². The van der Waals surface area contributed by atoms with Crippen molar-refractivity contribution in [2.75, 3.05) is 20.1 Å². The van der Waals surface area contributed by atoms with Crippen LogP contribution in [0.4, 0.5) is 0 Å². The molecule has 0 aliphatic carbocycles. The van der Waals surface area contributed by atoms with Crippen molar-refractivity contribution in [3.05, 3.63) is 53.9 Å². The lowest BCUT2D eigenvalue weighted by Crippen LogP contribution is -2.49. The first-order valence-corrected chi connectivity index (χ1v) is 11.9. The zero-order valence-corrected chi connectivity index (χ0v) is 20.0. The normalized spacial score (nSPS) is 15.7. The highest BCUT2D eigenvalue weighted by molar-refractivity contribution is 5.76. The van der Waals surface area contributed by atoms with E-state index in [4.69, 9.17) is 0 Å². The summed E-state index contributed by atoms with van der Waals surface area (Å²) in [6.45, 7) is 8.27. The molecule has 0 saturated carbocycles. The second-order valence-corrected chi connectivity index (χ2v) is 9.56. The fourth-order valence-corrected chi connectivity index (χ4v) is 4.62. The van der Waals surface area contributed by atoms with Gasteiger partial charge in [-0.3, -0.25) is 14.3 Å². The lowest BCUT2D eigenvalue weighted by atomic mass is 9.84. The van der Waals surface area contributed by atoms with Crippen molar-refractivity contribution in [1.29, 1.82) is 0 Å². The molecule has 1 aromatic carbocycles. The molecule has 1 fully saturated rings. The zero-order chi connectivity index (χ0) is 23.1. The summed E-state index contributed by atoms with van der Waals surface area (Å²) in [5, 5.41) is 4.19. The van der Waals surface area contributed by atoms with Gasteiger partial charge in [-0.2, -0.15) is 5.10 Å². The van der Waals surface area contributed by atoms with E-state index in [9.17, 15) is 9.59 Å². The molecule has 32 heavy (non-hydrogen) atoms. The number of likely N-dealkylation sites (tertiary alicyclic amines) is 1. The van der Waals surface area contributed by atoms with Crippen molar-refractivity contribution in [2.24, 2.45) is 11.8 Å². The summed E-state index contributed by atoms with van der Waals surface area (Å²) >= 11 is 0. The molecule has 1 saturated heterocycles. The van der Waals surface area contributed by atoms with E-state index in [1.807, 2.05) is 29.1 Å². The number of likely N-dealkylation sites (N-methyl/N-ethyl adjacent to an activating group) is 1. The van der Waals surface area contributed by atoms with Crippen molar-refractivity contribution in [2.45, 2.75) is 65.5 Å². The third-order valence-electron chi connectivity index (χ3n) is 6.81. The van der Waals surface area contributed by atoms with E-state index in [1.165, 1.54) is 11.1 Å². The Morgan fingerprint density at radius 2 is 1.88 bits per heavy atom. The van der Waals surface area contributed by atoms with Gasteiger partial charge in [0.1, 0.15) is 6.54 Å². The van der Waals surface area contributed by atoms with E-state index in [0.717, 1.165) is 38.8 Å². The number of carbonyl (C=O) groups excluding carboxylic acids is 2. The molecular weight excluding hydrogens is 400 g/mol. The summed E-state index contributed by atoms with van der Waals surface area (Å²) in [6.07, 6.45) is 7.80. The van der Waals surface area contributed by atoms with Crippen molar-refractivity contribution in [3.8, 4) is 0 Å². The first kappa shape index (κ1) is 24.0. The van der Waals surface area contributed by atoms with Crippen molar-refractivity contribution < 1.29 is 9.59 Å². The Kier molecular flexibility index (Phi) is 8.48. The van der Waals surface area contributed by atoms with Crippen LogP contribution >= 0.6 is 0 Å². The Morgan fingerprint density at radius 1 is 1.16 bits per heavy atom. The molecule has 0 bridgehead atoms. The van der Waals surface area contributed by atoms with Gasteiger partial charge in [-0.05, 0) is 61.6 Å². The van der Waals surface area contributed by atoms with Crippen LogP contribution < -0.4 is 0 Å². The monoisotopic (exact) mass is 438 g/mol. The van der Waals surface area contributed by atoms with Crippen LogP contribution in [0.15, 0.2) is 42.7 Å². The summed E-state index contributed by atoms with van der Waals surface area (Å²) in [5.74, 6) is 1.26. The van der Waals surface area contributed by atoms with Crippen LogP contribution in [0.3, 0.4) is 0 Å². The van der Waals surface area contributed by atoms with Crippen molar-refractivity contribution in [1.82, 2.24) is 19.6 Å². The molecule has 2 aromatic rings. The average Bonchev–Trinajstić information content (AvgIpc) is 3.29. The summed E-state index contributed by atoms with van der Waals surface area (Å²) < 4.78 is 1.68. The quantitative estimate of drug-likeness (QED) is 0.596. The number of carbonyl (C=O) groups is 2. The Hall–Kier alpha value is -2.63. The van der Waals surface area contributed by atoms with Crippen LogP contribution in [0.25, 0.3) is 0 Å². The van der Waals surface area contributed by atoms with Crippen LogP contribution in [0.1, 0.15) is 50.7 Å². The summed E-state index contributed by atoms with van der Waals surface area (Å²) in [6, 6.07) is 10.4. The number of hydrogen-bond donors (Lipinski definition) is 0. The Morgan fingerprint density at radius 3 is 2.50 bits per heavy atom. The minimum Gasteiger partial charge on any atom is -0.343 e. The highest BCUT2D eigenvalue weighted by Gasteiger charge is 2.33.